The van der Waals surface area contributed by atoms with E-state index in [1.54, 1.807) is 6.07 Å². The Kier molecular flexibility index (Phi) is 3.97. The van der Waals surface area contributed by atoms with Gasteiger partial charge in [-0.25, -0.2) is 4.98 Å². The van der Waals surface area contributed by atoms with E-state index in [1.807, 2.05) is 19.1 Å². The Bertz CT molecular complexity index is 423. The zero-order valence-electron chi connectivity index (χ0n) is 11.2. The zero-order chi connectivity index (χ0) is 13.1. The van der Waals surface area contributed by atoms with E-state index < -0.39 is 0 Å². The molecule has 1 aromatic rings. The van der Waals surface area contributed by atoms with Crippen molar-refractivity contribution in [3.05, 3.63) is 29.6 Å². The van der Waals surface area contributed by atoms with Crippen LogP contribution in [0.4, 0.5) is 0 Å². The molecule has 1 aromatic heterocycles. The molecule has 18 heavy (non-hydrogen) atoms. The molecule has 4 nitrogen and oxygen atoms in total. The van der Waals surface area contributed by atoms with Crippen LogP contribution in [0, 0.1) is 12.8 Å². The van der Waals surface area contributed by atoms with Gasteiger partial charge in [-0.2, -0.15) is 0 Å². The zero-order valence-corrected chi connectivity index (χ0v) is 11.2. The summed E-state index contributed by atoms with van der Waals surface area (Å²) in [6.45, 7) is 7.22. The fourth-order valence-electron chi connectivity index (χ4n) is 2.50. The number of aryl methyl sites for hydroxylation is 1. The van der Waals surface area contributed by atoms with Gasteiger partial charge in [0.1, 0.15) is 5.69 Å². The second kappa shape index (κ2) is 5.48. The maximum Gasteiger partial charge on any atom is 0.270 e. The fraction of sp³-hybridized carbons (Fsp3) is 0.571. The van der Waals surface area contributed by atoms with Gasteiger partial charge >= 0.3 is 0 Å². The molecule has 0 saturated carbocycles. The van der Waals surface area contributed by atoms with Gasteiger partial charge in [0, 0.05) is 17.8 Å². The summed E-state index contributed by atoms with van der Waals surface area (Å²) in [7, 11) is 0. The summed E-state index contributed by atoms with van der Waals surface area (Å²) >= 11 is 0. The number of hydrogen-bond acceptors (Lipinski definition) is 3. The van der Waals surface area contributed by atoms with E-state index >= 15 is 0 Å². The molecule has 0 bridgehead atoms. The molecule has 0 spiro atoms. The molecule has 1 amide bonds. The normalized spacial score (nSPS) is 27.8. The van der Waals surface area contributed by atoms with E-state index in [1.165, 1.54) is 0 Å². The SMILES string of the molecule is Cc1cccc(C(=O)NC2C(C)CCNC2C)n1. The molecule has 0 aromatic carbocycles. The standard InChI is InChI=1S/C14H21N3O/c1-9-7-8-15-11(3)13(9)17-14(18)12-6-4-5-10(2)16-12/h4-6,9,11,13,15H,7-8H2,1-3H3,(H,17,18). The lowest BCUT2D eigenvalue weighted by Crippen LogP contribution is -2.56. The maximum absolute atomic E-state index is 12.2. The third kappa shape index (κ3) is 2.88. The van der Waals surface area contributed by atoms with Crippen molar-refractivity contribution in [2.75, 3.05) is 6.54 Å². The molecular weight excluding hydrogens is 226 g/mol. The predicted molar refractivity (Wildman–Crippen MR) is 71.5 cm³/mol. The van der Waals surface area contributed by atoms with Gasteiger partial charge in [0.2, 0.25) is 0 Å². The largest absolute Gasteiger partial charge is 0.346 e. The van der Waals surface area contributed by atoms with Gasteiger partial charge in [-0.05, 0) is 44.9 Å². The van der Waals surface area contributed by atoms with Crippen LogP contribution in [0.25, 0.3) is 0 Å². The van der Waals surface area contributed by atoms with Gasteiger partial charge in [-0.1, -0.05) is 13.0 Å². The highest BCUT2D eigenvalue weighted by atomic mass is 16.1. The first-order valence-corrected chi connectivity index (χ1v) is 6.56. The number of carbonyl (C=O) groups is 1. The number of hydrogen-bond donors (Lipinski definition) is 2. The maximum atomic E-state index is 12.2. The molecule has 1 saturated heterocycles. The van der Waals surface area contributed by atoms with Crippen LogP contribution in [0.2, 0.25) is 0 Å². The Hall–Kier alpha value is -1.42. The molecule has 1 fully saturated rings. The van der Waals surface area contributed by atoms with Gasteiger partial charge in [-0.15, -0.1) is 0 Å². The topological polar surface area (TPSA) is 54.0 Å². The lowest BCUT2D eigenvalue weighted by Gasteiger charge is -2.35. The summed E-state index contributed by atoms with van der Waals surface area (Å²) in [5, 5.41) is 6.49. The Morgan fingerprint density at radius 3 is 2.89 bits per heavy atom. The van der Waals surface area contributed by atoms with E-state index in [4.69, 9.17) is 0 Å². The summed E-state index contributed by atoms with van der Waals surface area (Å²) in [5.74, 6) is 0.418. The molecule has 2 rings (SSSR count). The third-order valence-corrected chi connectivity index (χ3v) is 3.64. The van der Waals surface area contributed by atoms with Crippen molar-refractivity contribution in [2.45, 2.75) is 39.3 Å². The highest BCUT2D eigenvalue weighted by Gasteiger charge is 2.29. The average Bonchev–Trinajstić information content (AvgIpc) is 2.34. The van der Waals surface area contributed by atoms with Crippen LogP contribution in [-0.2, 0) is 0 Å². The Morgan fingerprint density at radius 1 is 1.44 bits per heavy atom. The first kappa shape index (κ1) is 13.0. The fourth-order valence-corrected chi connectivity index (χ4v) is 2.50. The van der Waals surface area contributed by atoms with E-state index in [-0.39, 0.29) is 11.9 Å². The highest BCUT2D eigenvalue weighted by Crippen LogP contribution is 2.16. The minimum atomic E-state index is -0.0777. The van der Waals surface area contributed by atoms with Crippen LogP contribution in [0.3, 0.4) is 0 Å². The van der Waals surface area contributed by atoms with Crippen LogP contribution in [0.15, 0.2) is 18.2 Å². The summed E-state index contributed by atoms with van der Waals surface area (Å²) in [5.41, 5.74) is 1.37. The van der Waals surface area contributed by atoms with Crippen molar-refractivity contribution in [1.29, 1.82) is 0 Å². The van der Waals surface area contributed by atoms with Crippen molar-refractivity contribution < 1.29 is 4.79 Å². The minimum Gasteiger partial charge on any atom is -0.346 e. The molecule has 3 unspecified atom stereocenters. The molecule has 2 heterocycles. The van der Waals surface area contributed by atoms with Crippen LogP contribution >= 0.6 is 0 Å². The molecule has 2 N–H and O–H groups in total. The predicted octanol–water partition coefficient (Wildman–Crippen LogP) is 1.51. The van der Waals surface area contributed by atoms with Gasteiger partial charge in [0.05, 0.1) is 0 Å². The van der Waals surface area contributed by atoms with Gasteiger partial charge in [0.25, 0.3) is 5.91 Å². The van der Waals surface area contributed by atoms with Crippen molar-refractivity contribution in [3.63, 3.8) is 0 Å². The summed E-state index contributed by atoms with van der Waals surface area (Å²) in [6.07, 6.45) is 1.09. The van der Waals surface area contributed by atoms with Crippen LogP contribution in [-0.4, -0.2) is 29.5 Å². The van der Waals surface area contributed by atoms with E-state index in [0.29, 0.717) is 17.7 Å². The van der Waals surface area contributed by atoms with E-state index in [0.717, 1.165) is 18.7 Å². The number of rotatable bonds is 2. The molecule has 4 heteroatoms. The van der Waals surface area contributed by atoms with Crippen LogP contribution in [0.5, 0.6) is 0 Å². The number of pyridine rings is 1. The summed E-state index contributed by atoms with van der Waals surface area (Å²) < 4.78 is 0. The Morgan fingerprint density at radius 2 is 2.22 bits per heavy atom. The smallest absolute Gasteiger partial charge is 0.270 e. The molecule has 98 valence electrons. The third-order valence-electron chi connectivity index (χ3n) is 3.64. The minimum absolute atomic E-state index is 0.0777. The number of amides is 1. The van der Waals surface area contributed by atoms with Gasteiger partial charge in [-0.3, -0.25) is 4.79 Å². The molecule has 1 aliphatic heterocycles. The number of carbonyl (C=O) groups excluding carboxylic acids is 1. The number of piperidine rings is 1. The Balaban J connectivity index is 2.06. The van der Waals surface area contributed by atoms with Crippen LogP contribution < -0.4 is 10.6 Å². The molecule has 3 atom stereocenters. The van der Waals surface area contributed by atoms with Crippen molar-refractivity contribution in [3.8, 4) is 0 Å². The quantitative estimate of drug-likeness (QED) is 0.833. The second-order valence-corrected chi connectivity index (χ2v) is 5.17. The van der Waals surface area contributed by atoms with Gasteiger partial charge in [0.15, 0.2) is 0 Å². The van der Waals surface area contributed by atoms with Gasteiger partial charge < -0.3 is 10.6 Å². The lowest BCUT2D eigenvalue weighted by atomic mass is 9.89. The van der Waals surface area contributed by atoms with Crippen molar-refractivity contribution >= 4 is 5.91 Å². The van der Waals surface area contributed by atoms with E-state index in [9.17, 15) is 4.79 Å². The van der Waals surface area contributed by atoms with Crippen molar-refractivity contribution in [2.24, 2.45) is 5.92 Å². The van der Waals surface area contributed by atoms with Crippen LogP contribution in [0.1, 0.15) is 36.5 Å². The second-order valence-electron chi connectivity index (χ2n) is 5.17. The summed E-state index contributed by atoms with van der Waals surface area (Å²) in [6, 6.07) is 6.00. The number of nitrogens with zero attached hydrogens (tertiary/aromatic N) is 1. The first-order valence-electron chi connectivity index (χ1n) is 6.56. The average molecular weight is 247 g/mol. The monoisotopic (exact) mass is 247 g/mol. The van der Waals surface area contributed by atoms with Crippen molar-refractivity contribution in [1.82, 2.24) is 15.6 Å². The molecular formula is C14H21N3O. The Labute approximate surface area is 108 Å². The lowest BCUT2D eigenvalue weighted by molar-refractivity contribution is 0.0892. The summed E-state index contributed by atoms with van der Waals surface area (Å²) in [4.78, 5) is 16.4. The number of aromatic nitrogens is 1. The first-order chi connectivity index (χ1) is 8.58. The number of nitrogens with one attached hydrogen (secondary N) is 2. The molecule has 0 aliphatic carbocycles. The highest BCUT2D eigenvalue weighted by molar-refractivity contribution is 5.92. The van der Waals surface area contributed by atoms with E-state index in [2.05, 4.69) is 29.5 Å². The molecule has 1 aliphatic rings. The molecule has 0 radical (unpaired) electrons.